The first-order valence-corrected chi connectivity index (χ1v) is 3.81. The maximum absolute atomic E-state index is 3.87. The Balaban J connectivity index is 0. The van der Waals surface area contributed by atoms with Gasteiger partial charge in [-0.05, 0) is 18.8 Å². The van der Waals surface area contributed by atoms with E-state index in [1.54, 1.807) is 0 Å². The summed E-state index contributed by atoms with van der Waals surface area (Å²) in [7, 11) is 0. The second-order valence-electron chi connectivity index (χ2n) is 2.99. The van der Waals surface area contributed by atoms with Crippen LogP contribution in [0.25, 0.3) is 0 Å². The van der Waals surface area contributed by atoms with E-state index in [1.807, 2.05) is 0 Å². The van der Waals surface area contributed by atoms with Gasteiger partial charge in [0.1, 0.15) is 0 Å². The van der Waals surface area contributed by atoms with Gasteiger partial charge in [-0.25, -0.2) is 19.1 Å². The first-order chi connectivity index (χ1) is 4.30. The predicted molar refractivity (Wildman–Crippen MR) is 46.8 cm³/mol. The van der Waals surface area contributed by atoms with E-state index in [1.165, 1.54) is 32.1 Å². The van der Waals surface area contributed by atoms with Crippen LogP contribution in [0.4, 0.5) is 0 Å². The van der Waals surface area contributed by atoms with E-state index >= 15 is 0 Å². The van der Waals surface area contributed by atoms with Crippen LogP contribution in [0.5, 0.6) is 0 Å². The molecule has 0 N–H and O–H groups in total. The van der Waals surface area contributed by atoms with E-state index in [-0.39, 0.29) is 35.5 Å². The van der Waals surface area contributed by atoms with Crippen molar-refractivity contribution in [1.82, 2.24) is 0 Å². The number of hydrogen-bond donors (Lipinski definition) is 0. The van der Waals surface area contributed by atoms with Crippen LogP contribution >= 0.6 is 0 Å². The summed E-state index contributed by atoms with van der Waals surface area (Å²) in [5.74, 6) is 0.749. The van der Waals surface area contributed by atoms with E-state index in [0.29, 0.717) is 0 Å². The molecule has 0 atom stereocenters. The molecule has 0 radical (unpaired) electrons. The van der Waals surface area contributed by atoms with Crippen molar-refractivity contribution in [1.29, 1.82) is 0 Å². The van der Waals surface area contributed by atoms with Crippen LogP contribution in [0.15, 0.2) is 12.2 Å². The summed E-state index contributed by atoms with van der Waals surface area (Å²) in [5.41, 5.74) is 1.15. The summed E-state index contributed by atoms with van der Waals surface area (Å²) in [6.07, 6.45) is 6.87. The molecular weight excluding hydrogens is 168 g/mol. The third kappa shape index (κ3) is 4.99. The predicted octanol–water partition coefficient (Wildman–Crippen LogP) is -0.420. The molecule has 0 unspecified atom stereocenters. The molecule has 0 aromatic heterocycles. The maximum Gasteiger partial charge on any atom is 2.00 e. The summed E-state index contributed by atoms with van der Waals surface area (Å²) >= 11 is 0. The normalized spacial score (nSPS) is 17.8. The minimum Gasteiger partial charge on any atom is -1.00 e. The molecule has 11 heavy (non-hydrogen) atoms. The van der Waals surface area contributed by atoms with E-state index in [4.69, 9.17) is 0 Å². The topological polar surface area (TPSA) is 0 Å². The van der Waals surface area contributed by atoms with Crippen molar-refractivity contribution in [2.75, 3.05) is 0 Å². The number of halogens is 1. The monoisotopic (exact) mass is 182 g/mol. The van der Waals surface area contributed by atoms with Crippen molar-refractivity contribution in [3.63, 3.8) is 0 Å². The van der Waals surface area contributed by atoms with Crippen LogP contribution in [-0.2, 0) is 0 Å². The molecule has 0 aliphatic heterocycles. The molecule has 0 saturated heterocycles. The van der Waals surface area contributed by atoms with Crippen LogP contribution in [0.3, 0.4) is 0 Å². The summed E-state index contributed by atoms with van der Waals surface area (Å²) in [6, 6.07) is 0. The molecule has 0 bridgehead atoms. The number of rotatable bonds is 1. The van der Waals surface area contributed by atoms with Crippen molar-refractivity contribution in [2.45, 2.75) is 32.1 Å². The molecule has 0 amide bonds. The molecule has 60 valence electrons. The fourth-order valence-electron chi connectivity index (χ4n) is 1.51. The molecule has 0 aromatic rings. The van der Waals surface area contributed by atoms with Gasteiger partial charge in [0.25, 0.3) is 0 Å². The second kappa shape index (κ2) is 7.32. The Morgan fingerprint density at radius 2 is 1.64 bits per heavy atom. The van der Waals surface area contributed by atoms with Crippen molar-refractivity contribution in [3.8, 4) is 0 Å². The minimum atomic E-state index is 0. The van der Waals surface area contributed by atoms with Gasteiger partial charge in [-0.3, -0.25) is 0 Å². The van der Waals surface area contributed by atoms with Gasteiger partial charge >= 0.3 is 23.1 Å². The van der Waals surface area contributed by atoms with E-state index in [2.05, 4.69) is 13.5 Å². The van der Waals surface area contributed by atoms with Gasteiger partial charge in [0.15, 0.2) is 0 Å². The summed E-state index contributed by atoms with van der Waals surface area (Å²) in [6.45, 7) is 7.74. The second-order valence-corrected chi connectivity index (χ2v) is 2.99. The quantitative estimate of drug-likeness (QED) is 0.382. The summed E-state index contributed by atoms with van der Waals surface area (Å²) < 4.78 is 0. The Morgan fingerprint density at radius 1 is 1.18 bits per heavy atom. The largest absolute Gasteiger partial charge is 2.00 e. The van der Waals surface area contributed by atoms with Crippen LogP contribution in [0, 0.1) is 12.8 Å². The Hall–Kier alpha value is 0.666. The Kier molecular flexibility index (Phi) is 9.46. The van der Waals surface area contributed by atoms with Gasteiger partial charge in [-0.1, -0.05) is 19.3 Å². The molecule has 1 fully saturated rings. The van der Waals surface area contributed by atoms with Crippen LogP contribution < -0.4 is 12.4 Å². The first kappa shape index (κ1) is 14.2. The van der Waals surface area contributed by atoms with E-state index in [9.17, 15) is 0 Å². The zero-order valence-electron chi connectivity index (χ0n) is 7.11. The Labute approximate surface area is 92.4 Å². The van der Waals surface area contributed by atoms with Gasteiger partial charge < -0.3 is 12.4 Å². The van der Waals surface area contributed by atoms with Gasteiger partial charge in [0.05, 0.1) is 0 Å². The van der Waals surface area contributed by atoms with E-state index < -0.39 is 0 Å². The molecular formula is C9H15ClMg. The zero-order chi connectivity index (χ0) is 6.69. The fourth-order valence-corrected chi connectivity index (χ4v) is 1.51. The van der Waals surface area contributed by atoms with Crippen LogP contribution in [0.2, 0.25) is 0 Å². The minimum absolute atomic E-state index is 0. The van der Waals surface area contributed by atoms with Crippen molar-refractivity contribution in [3.05, 3.63) is 19.1 Å². The van der Waals surface area contributed by atoms with Gasteiger partial charge in [-0.2, -0.15) is 0 Å². The molecule has 0 spiro atoms. The van der Waals surface area contributed by atoms with E-state index in [0.717, 1.165) is 11.5 Å². The molecule has 0 heterocycles. The molecule has 1 aliphatic carbocycles. The SMILES string of the molecule is C=C([CH2-])C1CCCCC1.[Cl-].[Mg+2]. The summed E-state index contributed by atoms with van der Waals surface area (Å²) in [5, 5.41) is 0. The van der Waals surface area contributed by atoms with Crippen LogP contribution in [-0.4, -0.2) is 23.1 Å². The standard InChI is InChI=1S/C9H15.ClH.Mg/c1-8(2)9-6-4-3-5-7-9;;/h9H,1-7H2;1H;/q-1;;+2/p-1. The molecule has 0 nitrogen and oxygen atoms in total. The zero-order valence-corrected chi connectivity index (χ0v) is 9.28. The molecule has 2 heteroatoms. The molecule has 1 saturated carbocycles. The number of hydrogen-bond acceptors (Lipinski definition) is 0. The van der Waals surface area contributed by atoms with Crippen molar-refractivity contribution < 1.29 is 12.4 Å². The smallest absolute Gasteiger partial charge is 1.00 e. The average Bonchev–Trinajstić information content (AvgIpc) is 1.90. The molecule has 1 rings (SSSR count). The average molecular weight is 183 g/mol. The van der Waals surface area contributed by atoms with Crippen LogP contribution in [0.1, 0.15) is 32.1 Å². The van der Waals surface area contributed by atoms with Crippen molar-refractivity contribution in [2.24, 2.45) is 5.92 Å². The Morgan fingerprint density at radius 3 is 1.91 bits per heavy atom. The molecule has 1 aliphatic rings. The fraction of sp³-hybridized carbons (Fsp3) is 0.667. The maximum atomic E-state index is 3.87. The van der Waals surface area contributed by atoms with Gasteiger partial charge in [0, 0.05) is 0 Å². The third-order valence-electron chi connectivity index (χ3n) is 2.18. The summed E-state index contributed by atoms with van der Waals surface area (Å²) in [4.78, 5) is 0. The van der Waals surface area contributed by atoms with Gasteiger partial charge in [0.2, 0.25) is 0 Å². The third-order valence-corrected chi connectivity index (χ3v) is 2.18. The number of allylic oxidation sites excluding steroid dienone is 1. The van der Waals surface area contributed by atoms with Crippen molar-refractivity contribution >= 4 is 23.1 Å². The van der Waals surface area contributed by atoms with Gasteiger partial charge in [-0.15, -0.1) is 0 Å². The first-order valence-electron chi connectivity index (χ1n) is 3.81. The molecule has 0 aromatic carbocycles. The Bertz CT molecular complexity index is 106.